The number of allylic oxidation sites excluding steroid dienone is 3. The van der Waals surface area contributed by atoms with E-state index in [1.807, 2.05) is 54.8 Å². The highest BCUT2D eigenvalue weighted by atomic mass is 79.9. The third kappa shape index (κ3) is 6.18. The van der Waals surface area contributed by atoms with E-state index in [0.717, 1.165) is 55.9 Å². The summed E-state index contributed by atoms with van der Waals surface area (Å²) in [6.07, 6.45) is 7.24. The fourth-order valence-electron chi connectivity index (χ4n) is 5.70. The summed E-state index contributed by atoms with van der Waals surface area (Å²) in [5, 5.41) is 10.4. The minimum absolute atomic E-state index is 0.336. The van der Waals surface area contributed by atoms with Crippen molar-refractivity contribution in [3.8, 4) is 6.07 Å². The van der Waals surface area contributed by atoms with Gasteiger partial charge in [-0.2, -0.15) is 5.26 Å². The molecule has 0 saturated heterocycles. The second kappa shape index (κ2) is 11.8. The number of hydrogen-bond donors (Lipinski definition) is 0. The van der Waals surface area contributed by atoms with Gasteiger partial charge in [-0.1, -0.05) is 60.7 Å². The van der Waals surface area contributed by atoms with E-state index in [0.29, 0.717) is 37.3 Å². The Bertz CT molecular complexity index is 1920. The van der Waals surface area contributed by atoms with Crippen LogP contribution < -0.4 is 0 Å². The zero-order valence-corrected chi connectivity index (χ0v) is 29.1. The third-order valence-corrected chi connectivity index (χ3v) is 12.7. The van der Waals surface area contributed by atoms with Crippen molar-refractivity contribution in [3.63, 3.8) is 0 Å². The summed E-state index contributed by atoms with van der Waals surface area (Å²) >= 11 is 3.59. The highest BCUT2D eigenvalue weighted by Crippen LogP contribution is 2.39. The first-order valence-corrected chi connectivity index (χ1v) is 20.6. The molecule has 4 aromatic rings. The van der Waals surface area contributed by atoms with Gasteiger partial charge in [0, 0.05) is 39.1 Å². The maximum Gasteiger partial charge on any atom is 0.248 e. The molecule has 0 fully saturated rings. The Morgan fingerprint density at radius 2 is 1.95 bits per heavy atom. The van der Waals surface area contributed by atoms with Crippen LogP contribution in [0.15, 0.2) is 64.8 Å². The molecule has 0 saturated carbocycles. The van der Waals surface area contributed by atoms with E-state index >= 15 is 0 Å². The molecule has 0 amide bonds. The fraction of sp³-hybridized carbons (Fsp3) is 0.394. The molecule has 0 aliphatic heterocycles. The van der Waals surface area contributed by atoms with E-state index in [9.17, 15) is 13.7 Å². The predicted molar refractivity (Wildman–Crippen MR) is 181 cm³/mol. The lowest BCUT2D eigenvalue weighted by molar-refractivity contribution is 0.0881. The van der Waals surface area contributed by atoms with Crippen molar-refractivity contribution >= 4 is 56.0 Å². The van der Waals surface area contributed by atoms with Crippen LogP contribution >= 0.6 is 15.9 Å². The standard InChI is InChI=1S/C33H39BrN4O3SSi/c1-7-24-16-27(34)20-33(3,19-24)42(39,40)38-13-12-28-26(10-8-23(2)32(28)38)18-31-36-29-11-9-25(21-35)17-30(29)37(31)22-41-14-15-43(4,5)6/h8-13,16-17,19H,7,14-15,18,20,22H2,1-6H3. The topological polar surface area (TPSA) is 89.9 Å². The molecule has 0 spiro atoms. The van der Waals surface area contributed by atoms with Gasteiger partial charge in [0.25, 0.3) is 0 Å². The van der Waals surface area contributed by atoms with E-state index in [-0.39, 0.29) is 0 Å². The second-order valence-electron chi connectivity index (χ2n) is 12.9. The number of halogens is 1. The molecule has 0 radical (unpaired) electrons. The minimum Gasteiger partial charge on any atom is -0.361 e. The second-order valence-corrected chi connectivity index (χ2v) is 21.8. The molecule has 1 aliphatic carbocycles. The molecule has 1 atom stereocenters. The van der Waals surface area contributed by atoms with Gasteiger partial charge in [0.05, 0.1) is 28.2 Å². The molecule has 2 heterocycles. The third-order valence-electron chi connectivity index (χ3n) is 8.24. The Kier molecular flexibility index (Phi) is 8.66. The average molecular weight is 680 g/mol. The van der Waals surface area contributed by atoms with Gasteiger partial charge in [0.2, 0.25) is 10.0 Å². The van der Waals surface area contributed by atoms with Crippen molar-refractivity contribution in [1.29, 1.82) is 5.26 Å². The normalized spacial score (nSPS) is 17.7. The zero-order valence-electron chi connectivity index (χ0n) is 25.7. The van der Waals surface area contributed by atoms with Gasteiger partial charge in [0.1, 0.15) is 17.3 Å². The number of aryl methyl sites for hydroxylation is 1. The van der Waals surface area contributed by atoms with E-state index in [2.05, 4.69) is 47.7 Å². The molecule has 43 heavy (non-hydrogen) atoms. The summed E-state index contributed by atoms with van der Waals surface area (Å²) in [4.78, 5) is 4.94. The minimum atomic E-state index is -3.80. The molecule has 10 heteroatoms. The zero-order chi connectivity index (χ0) is 31.2. The van der Waals surface area contributed by atoms with Crippen LogP contribution in [0.3, 0.4) is 0 Å². The number of nitrogens with zero attached hydrogens (tertiary/aromatic N) is 4. The molecule has 7 nitrogen and oxygen atoms in total. The Morgan fingerprint density at radius 1 is 1.19 bits per heavy atom. The first kappa shape index (κ1) is 31.5. The summed E-state index contributed by atoms with van der Waals surface area (Å²) in [5.74, 6) is 0.808. The van der Waals surface area contributed by atoms with Gasteiger partial charge in [-0.3, -0.25) is 0 Å². The van der Waals surface area contributed by atoms with Crippen LogP contribution in [-0.2, 0) is 27.9 Å². The first-order chi connectivity index (χ1) is 20.3. The number of benzene rings is 2. The van der Waals surface area contributed by atoms with Crippen molar-refractivity contribution in [3.05, 3.63) is 87.3 Å². The average Bonchev–Trinajstić information content (AvgIpc) is 3.54. The van der Waals surface area contributed by atoms with Gasteiger partial charge < -0.3 is 9.30 Å². The van der Waals surface area contributed by atoms with E-state index in [1.165, 1.54) is 3.97 Å². The molecule has 2 aromatic heterocycles. The lowest BCUT2D eigenvalue weighted by Crippen LogP contribution is -2.39. The molecule has 0 N–H and O–H groups in total. The highest BCUT2D eigenvalue weighted by molar-refractivity contribution is 9.11. The number of aromatic nitrogens is 3. The molecule has 0 bridgehead atoms. The summed E-state index contributed by atoms with van der Waals surface area (Å²) in [6.45, 7) is 13.8. The predicted octanol–water partition coefficient (Wildman–Crippen LogP) is 8.03. The van der Waals surface area contributed by atoms with Gasteiger partial charge in [-0.25, -0.2) is 17.4 Å². The number of imidazole rings is 1. The van der Waals surface area contributed by atoms with Gasteiger partial charge in [0.15, 0.2) is 0 Å². The molecule has 2 aromatic carbocycles. The fourth-order valence-corrected chi connectivity index (χ4v) is 9.31. The van der Waals surface area contributed by atoms with Crippen LogP contribution in [0.2, 0.25) is 25.7 Å². The molecular formula is C33H39BrN4O3SSi. The van der Waals surface area contributed by atoms with Crippen LogP contribution in [0.25, 0.3) is 21.9 Å². The van der Waals surface area contributed by atoms with Crippen molar-refractivity contribution < 1.29 is 13.2 Å². The molecule has 5 rings (SSSR count). The summed E-state index contributed by atoms with van der Waals surface area (Å²) in [7, 11) is -5.05. The molecule has 226 valence electrons. The highest BCUT2D eigenvalue weighted by Gasteiger charge is 2.41. The monoisotopic (exact) mass is 678 g/mol. The van der Waals surface area contributed by atoms with E-state index in [1.54, 1.807) is 19.2 Å². The van der Waals surface area contributed by atoms with Crippen LogP contribution in [0, 0.1) is 18.3 Å². The van der Waals surface area contributed by atoms with Gasteiger partial charge in [-0.05, 0) is 77.8 Å². The largest absolute Gasteiger partial charge is 0.361 e. The van der Waals surface area contributed by atoms with Crippen molar-refractivity contribution in [1.82, 2.24) is 13.5 Å². The Balaban J connectivity index is 1.56. The lowest BCUT2D eigenvalue weighted by Gasteiger charge is -2.30. The Hall–Kier alpha value is -2.97. The number of nitriles is 1. The Labute approximate surface area is 264 Å². The van der Waals surface area contributed by atoms with Crippen LogP contribution in [0.4, 0.5) is 0 Å². The van der Waals surface area contributed by atoms with Gasteiger partial charge in [-0.15, -0.1) is 0 Å². The van der Waals surface area contributed by atoms with Crippen LogP contribution in [0.1, 0.15) is 49.2 Å². The van der Waals surface area contributed by atoms with Crippen molar-refractivity contribution in [2.75, 3.05) is 6.61 Å². The summed E-state index contributed by atoms with van der Waals surface area (Å²) < 4.78 is 38.0. The SMILES string of the molecule is CCC1=CC(C)(S(=O)(=O)n2ccc3c(Cc4nc5ccc(C#N)cc5n4COCC[Si](C)(C)C)ccc(C)c32)CC(Br)=C1. The number of rotatable bonds is 10. The van der Waals surface area contributed by atoms with Crippen LogP contribution in [-0.4, -0.2) is 41.4 Å². The lowest BCUT2D eigenvalue weighted by atomic mass is 9.96. The number of fused-ring (bicyclic) bond motifs is 2. The quantitative estimate of drug-likeness (QED) is 0.125. The maximum absolute atomic E-state index is 14.3. The van der Waals surface area contributed by atoms with Gasteiger partial charge >= 0.3 is 0 Å². The smallest absolute Gasteiger partial charge is 0.248 e. The van der Waals surface area contributed by atoms with Crippen LogP contribution in [0.5, 0.6) is 0 Å². The first-order valence-electron chi connectivity index (χ1n) is 14.7. The summed E-state index contributed by atoms with van der Waals surface area (Å²) in [5.41, 5.74) is 5.79. The number of ether oxygens (including phenoxy) is 1. The van der Waals surface area contributed by atoms with Crippen molar-refractivity contribution in [2.24, 2.45) is 0 Å². The van der Waals surface area contributed by atoms with E-state index in [4.69, 9.17) is 9.72 Å². The van der Waals surface area contributed by atoms with Crippen molar-refractivity contribution in [2.45, 2.75) is 77.2 Å². The maximum atomic E-state index is 14.3. The number of hydrogen-bond acceptors (Lipinski definition) is 5. The Morgan fingerprint density at radius 3 is 2.65 bits per heavy atom. The van der Waals surface area contributed by atoms with E-state index < -0.39 is 22.8 Å². The molecule has 1 aliphatic rings. The molecular weight excluding hydrogens is 640 g/mol. The molecule has 1 unspecified atom stereocenters. The summed E-state index contributed by atoms with van der Waals surface area (Å²) in [6, 6.07) is 14.7.